The van der Waals surface area contributed by atoms with E-state index in [-0.39, 0.29) is 5.91 Å². The van der Waals surface area contributed by atoms with Gasteiger partial charge in [0.2, 0.25) is 0 Å². The second kappa shape index (κ2) is 7.82. The van der Waals surface area contributed by atoms with Crippen LogP contribution in [0.5, 0.6) is 5.75 Å². The van der Waals surface area contributed by atoms with Gasteiger partial charge in [-0.1, -0.05) is 37.8 Å². The SMILES string of the molecule is COc1ccccc1-n1cnc2cc(C(=O)NC3CCCCCC3)ccc21. The number of carbonyl (C=O) groups is 1. The summed E-state index contributed by atoms with van der Waals surface area (Å²) in [5, 5.41) is 3.20. The Morgan fingerprint density at radius 2 is 1.89 bits per heavy atom. The van der Waals surface area contributed by atoms with E-state index >= 15 is 0 Å². The minimum Gasteiger partial charge on any atom is -0.495 e. The Hall–Kier alpha value is -2.82. The molecule has 0 bridgehead atoms. The number of carbonyl (C=O) groups excluding carboxylic acids is 1. The fourth-order valence-electron chi connectivity index (χ4n) is 3.87. The second-order valence-electron chi connectivity index (χ2n) is 7.15. The van der Waals surface area contributed by atoms with E-state index in [0.29, 0.717) is 11.6 Å². The highest BCUT2D eigenvalue weighted by Gasteiger charge is 2.17. The molecule has 5 heteroatoms. The third-order valence-corrected chi connectivity index (χ3v) is 5.34. The van der Waals surface area contributed by atoms with Crippen LogP contribution in [0, 0.1) is 0 Å². The van der Waals surface area contributed by atoms with Crippen LogP contribution >= 0.6 is 0 Å². The number of rotatable bonds is 4. The molecule has 1 aromatic heterocycles. The lowest BCUT2D eigenvalue weighted by atomic mass is 10.1. The number of aromatic nitrogens is 2. The predicted octanol–water partition coefficient (Wildman–Crippen LogP) is 4.49. The number of hydrogen-bond acceptors (Lipinski definition) is 3. The number of imidazole rings is 1. The van der Waals surface area contributed by atoms with Crippen molar-refractivity contribution in [3.63, 3.8) is 0 Å². The molecule has 5 nitrogen and oxygen atoms in total. The molecule has 0 unspecified atom stereocenters. The van der Waals surface area contributed by atoms with Crippen LogP contribution in [0.1, 0.15) is 48.9 Å². The van der Waals surface area contributed by atoms with Crippen LogP contribution in [0.2, 0.25) is 0 Å². The number of benzene rings is 2. The average Bonchev–Trinajstić information content (AvgIpc) is 2.96. The molecule has 0 atom stereocenters. The lowest BCUT2D eigenvalue weighted by molar-refractivity contribution is 0.0933. The molecule has 0 saturated heterocycles. The van der Waals surface area contributed by atoms with Gasteiger partial charge in [-0.05, 0) is 43.2 Å². The molecule has 1 heterocycles. The Kier molecular flexibility index (Phi) is 5.10. The van der Waals surface area contributed by atoms with Crippen molar-refractivity contribution >= 4 is 16.9 Å². The minimum absolute atomic E-state index is 0.00404. The summed E-state index contributed by atoms with van der Waals surface area (Å²) >= 11 is 0. The zero-order chi connectivity index (χ0) is 18.6. The number of hydrogen-bond donors (Lipinski definition) is 1. The van der Waals surface area contributed by atoms with Gasteiger partial charge in [-0.3, -0.25) is 9.36 Å². The fourth-order valence-corrected chi connectivity index (χ4v) is 3.87. The normalized spacial score (nSPS) is 15.4. The molecule has 0 aliphatic heterocycles. The van der Waals surface area contributed by atoms with Crippen LogP contribution in [0.3, 0.4) is 0 Å². The van der Waals surface area contributed by atoms with Gasteiger partial charge < -0.3 is 10.1 Å². The molecule has 1 aliphatic carbocycles. The van der Waals surface area contributed by atoms with Crippen LogP contribution in [0.25, 0.3) is 16.7 Å². The van der Waals surface area contributed by atoms with Gasteiger partial charge in [0.15, 0.2) is 0 Å². The molecule has 1 fully saturated rings. The molecule has 140 valence electrons. The first kappa shape index (κ1) is 17.6. The molecule has 27 heavy (non-hydrogen) atoms. The van der Waals surface area contributed by atoms with Gasteiger partial charge in [0, 0.05) is 11.6 Å². The van der Waals surface area contributed by atoms with Crippen molar-refractivity contribution in [2.75, 3.05) is 7.11 Å². The predicted molar refractivity (Wildman–Crippen MR) is 107 cm³/mol. The van der Waals surface area contributed by atoms with Crippen molar-refractivity contribution in [1.29, 1.82) is 0 Å². The minimum atomic E-state index is -0.00404. The molecule has 0 spiro atoms. The molecule has 1 N–H and O–H groups in total. The maximum absolute atomic E-state index is 12.7. The lowest BCUT2D eigenvalue weighted by Crippen LogP contribution is -2.34. The van der Waals surface area contributed by atoms with Crippen molar-refractivity contribution in [3.05, 3.63) is 54.4 Å². The maximum atomic E-state index is 12.7. The van der Waals surface area contributed by atoms with Gasteiger partial charge in [0.1, 0.15) is 12.1 Å². The third-order valence-electron chi connectivity index (χ3n) is 5.34. The number of methoxy groups -OCH3 is 1. The van der Waals surface area contributed by atoms with Gasteiger partial charge in [0.05, 0.1) is 23.8 Å². The van der Waals surface area contributed by atoms with Crippen LogP contribution < -0.4 is 10.1 Å². The van der Waals surface area contributed by atoms with E-state index in [4.69, 9.17) is 4.74 Å². The summed E-state index contributed by atoms with van der Waals surface area (Å²) < 4.78 is 7.45. The third kappa shape index (κ3) is 3.68. The Labute approximate surface area is 159 Å². The van der Waals surface area contributed by atoms with E-state index in [9.17, 15) is 4.79 Å². The highest BCUT2D eigenvalue weighted by Crippen LogP contribution is 2.26. The Balaban J connectivity index is 1.59. The summed E-state index contributed by atoms with van der Waals surface area (Å²) in [6.45, 7) is 0. The van der Waals surface area contributed by atoms with E-state index in [2.05, 4.69) is 10.3 Å². The number of nitrogens with zero attached hydrogens (tertiary/aromatic N) is 2. The molecular weight excluding hydrogens is 338 g/mol. The van der Waals surface area contributed by atoms with E-state index in [0.717, 1.165) is 35.3 Å². The zero-order valence-corrected chi connectivity index (χ0v) is 15.6. The van der Waals surface area contributed by atoms with Gasteiger partial charge in [-0.15, -0.1) is 0 Å². The largest absolute Gasteiger partial charge is 0.495 e. The molecule has 1 saturated carbocycles. The molecule has 4 rings (SSSR count). The van der Waals surface area contributed by atoms with Crippen molar-refractivity contribution in [2.24, 2.45) is 0 Å². The van der Waals surface area contributed by atoms with Crippen LogP contribution in [0.15, 0.2) is 48.8 Å². The smallest absolute Gasteiger partial charge is 0.251 e. The van der Waals surface area contributed by atoms with Crippen LogP contribution in [-0.2, 0) is 0 Å². The number of nitrogens with one attached hydrogen (secondary N) is 1. The zero-order valence-electron chi connectivity index (χ0n) is 15.6. The van der Waals surface area contributed by atoms with Crippen LogP contribution in [-0.4, -0.2) is 28.6 Å². The first-order valence-corrected chi connectivity index (χ1v) is 9.67. The lowest BCUT2D eigenvalue weighted by Gasteiger charge is -2.16. The maximum Gasteiger partial charge on any atom is 0.251 e. The molecule has 1 aliphatic rings. The number of fused-ring (bicyclic) bond motifs is 1. The molecule has 2 aromatic carbocycles. The van der Waals surface area contributed by atoms with Gasteiger partial charge in [0.25, 0.3) is 5.91 Å². The van der Waals surface area contributed by atoms with E-state index in [1.807, 2.05) is 47.0 Å². The van der Waals surface area contributed by atoms with E-state index < -0.39 is 0 Å². The monoisotopic (exact) mass is 363 g/mol. The Bertz CT molecular complexity index is 940. The van der Waals surface area contributed by atoms with Gasteiger partial charge >= 0.3 is 0 Å². The summed E-state index contributed by atoms with van der Waals surface area (Å²) in [4.78, 5) is 17.2. The van der Waals surface area contributed by atoms with Gasteiger partial charge in [-0.25, -0.2) is 4.98 Å². The van der Waals surface area contributed by atoms with Crippen molar-refractivity contribution in [1.82, 2.24) is 14.9 Å². The van der Waals surface area contributed by atoms with E-state index in [1.165, 1.54) is 25.7 Å². The number of para-hydroxylation sites is 2. The fraction of sp³-hybridized carbons (Fsp3) is 0.364. The van der Waals surface area contributed by atoms with Crippen molar-refractivity contribution in [2.45, 2.75) is 44.6 Å². The first-order chi connectivity index (χ1) is 13.3. The molecule has 1 amide bonds. The summed E-state index contributed by atoms with van der Waals surface area (Å²) in [5.74, 6) is 0.780. The average molecular weight is 363 g/mol. The van der Waals surface area contributed by atoms with Crippen molar-refractivity contribution in [3.8, 4) is 11.4 Å². The molecular formula is C22H25N3O2. The van der Waals surface area contributed by atoms with Gasteiger partial charge in [-0.2, -0.15) is 0 Å². The Morgan fingerprint density at radius 1 is 1.11 bits per heavy atom. The van der Waals surface area contributed by atoms with Crippen LogP contribution in [0.4, 0.5) is 0 Å². The Morgan fingerprint density at radius 3 is 2.67 bits per heavy atom. The summed E-state index contributed by atoms with van der Waals surface area (Å²) in [6, 6.07) is 13.8. The molecule has 3 aromatic rings. The number of ether oxygens (including phenoxy) is 1. The summed E-state index contributed by atoms with van der Waals surface area (Å²) in [7, 11) is 1.66. The second-order valence-corrected chi connectivity index (χ2v) is 7.15. The highest BCUT2D eigenvalue weighted by molar-refractivity contribution is 5.97. The topological polar surface area (TPSA) is 56.2 Å². The molecule has 0 radical (unpaired) electrons. The summed E-state index contributed by atoms with van der Waals surface area (Å²) in [6.07, 6.45) is 8.89. The first-order valence-electron chi connectivity index (χ1n) is 9.67. The standard InChI is InChI=1S/C22H25N3O2/c1-27-21-11-7-6-10-20(21)25-15-23-18-14-16(12-13-19(18)25)22(26)24-17-8-4-2-3-5-9-17/h6-7,10-15,17H,2-5,8-9H2,1H3,(H,24,26). The highest BCUT2D eigenvalue weighted by atomic mass is 16.5. The quantitative estimate of drug-likeness (QED) is 0.695. The van der Waals surface area contributed by atoms with E-state index in [1.54, 1.807) is 13.4 Å². The van der Waals surface area contributed by atoms with Crippen molar-refractivity contribution < 1.29 is 9.53 Å². The summed E-state index contributed by atoms with van der Waals surface area (Å²) in [5.41, 5.74) is 3.34. The number of amides is 1.